The van der Waals surface area contributed by atoms with Crippen molar-refractivity contribution in [2.24, 2.45) is 0 Å². The van der Waals surface area contributed by atoms with Gasteiger partial charge in [0, 0.05) is 30.6 Å². The van der Waals surface area contributed by atoms with Gasteiger partial charge in [-0.25, -0.2) is 14.7 Å². The summed E-state index contributed by atoms with van der Waals surface area (Å²) in [5, 5.41) is 18.1. The summed E-state index contributed by atoms with van der Waals surface area (Å²) in [5.74, 6) is -1.30. The molecular weight excluding hydrogens is 410 g/mol. The molecule has 0 saturated heterocycles. The number of hydroxylamine groups is 2. The molecule has 8 nitrogen and oxygen atoms in total. The molecule has 0 saturated carbocycles. The number of carbonyl (C=O) groups is 3. The second-order valence-corrected chi connectivity index (χ2v) is 7.35. The largest absolute Gasteiger partial charge is 0.466 e. The van der Waals surface area contributed by atoms with E-state index >= 15 is 0 Å². The number of urea groups is 1. The van der Waals surface area contributed by atoms with Crippen molar-refractivity contribution in [2.45, 2.75) is 38.5 Å². The molecule has 2 aromatic carbocycles. The van der Waals surface area contributed by atoms with Crippen molar-refractivity contribution in [3.8, 4) is 0 Å². The van der Waals surface area contributed by atoms with Crippen LogP contribution in [-0.2, 0) is 14.3 Å². The van der Waals surface area contributed by atoms with Gasteiger partial charge in [0.25, 0.3) is 5.91 Å². The van der Waals surface area contributed by atoms with E-state index in [0.29, 0.717) is 18.0 Å². The number of hydrogen-bond donors (Lipinski definition) is 3. The second-order valence-electron chi connectivity index (χ2n) is 7.35. The molecule has 0 aliphatic rings. The third-order valence-corrected chi connectivity index (χ3v) is 4.94. The highest BCUT2D eigenvalue weighted by Crippen LogP contribution is 2.22. The minimum atomic E-state index is -0.650. The number of ether oxygens (including phenoxy) is 1. The predicted molar refractivity (Wildman–Crippen MR) is 123 cm³/mol. The van der Waals surface area contributed by atoms with E-state index in [4.69, 9.17) is 0 Å². The first-order valence-corrected chi connectivity index (χ1v) is 10.8. The van der Waals surface area contributed by atoms with E-state index in [0.717, 1.165) is 60.7 Å². The Morgan fingerprint density at radius 2 is 1.62 bits per heavy atom. The number of rotatable bonds is 12. The predicted octanol–water partition coefficient (Wildman–Crippen LogP) is 4.25. The molecule has 0 aromatic heterocycles. The summed E-state index contributed by atoms with van der Waals surface area (Å²) in [5.41, 5.74) is 0.790. The molecule has 0 heterocycles. The van der Waals surface area contributed by atoms with Crippen LogP contribution in [0.1, 0.15) is 38.5 Å². The number of carbonyl (C=O) groups excluding carboxylic acids is 3. The lowest BCUT2D eigenvalue weighted by atomic mass is 10.1. The Hall–Kier alpha value is -3.39. The van der Waals surface area contributed by atoms with Gasteiger partial charge in [-0.3, -0.25) is 10.0 Å². The molecule has 32 heavy (non-hydrogen) atoms. The van der Waals surface area contributed by atoms with Gasteiger partial charge < -0.3 is 15.4 Å². The number of nitrogens with zero attached hydrogens (tertiary/aromatic N) is 1. The van der Waals surface area contributed by atoms with E-state index in [1.165, 1.54) is 7.11 Å². The SMILES string of the molecule is COC(=O)C=CC(=O)N(O)CCCCCCCCNC(=O)Nc1cccc2ccccc12. The number of methoxy groups -OCH3 is 1. The van der Waals surface area contributed by atoms with Gasteiger partial charge in [0.2, 0.25) is 0 Å². The Kier molecular flexibility index (Phi) is 10.7. The zero-order valence-corrected chi connectivity index (χ0v) is 18.4. The van der Waals surface area contributed by atoms with Gasteiger partial charge in [-0.15, -0.1) is 0 Å². The minimum Gasteiger partial charge on any atom is -0.466 e. The fraction of sp³-hybridized carbons (Fsp3) is 0.375. The van der Waals surface area contributed by atoms with Crippen LogP contribution in [0.5, 0.6) is 0 Å². The Morgan fingerprint density at radius 1 is 0.938 bits per heavy atom. The molecule has 0 spiro atoms. The van der Waals surface area contributed by atoms with Crippen LogP contribution in [0.2, 0.25) is 0 Å². The number of benzene rings is 2. The first-order chi connectivity index (χ1) is 15.5. The molecule has 172 valence electrons. The van der Waals surface area contributed by atoms with E-state index in [1.54, 1.807) is 0 Å². The van der Waals surface area contributed by atoms with Crippen molar-refractivity contribution in [1.82, 2.24) is 10.4 Å². The van der Waals surface area contributed by atoms with Crippen LogP contribution in [0, 0.1) is 0 Å². The van der Waals surface area contributed by atoms with E-state index in [9.17, 15) is 19.6 Å². The molecule has 0 atom stereocenters. The van der Waals surface area contributed by atoms with Gasteiger partial charge in [-0.1, -0.05) is 62.1 Å². The average molecular weight is 442 g/mol. The Morgan fingerprint density at radius 3 is 2.41 bits per heavy atom. The standard InChI is InChI=1S/C24H31N3O5/c1-32-23(29)16-15-22(28)27(31)18-9-5-3-2-4-8-17-25-24(30)26-21-14-10-12-19-11-6-7-13-20(19)21/h6-7,10-16,31H,2-5,8-9,17-18H2,1H3,(H2,25,26,30). The number of nitrogens with one attached hydrogen (secondary N) is 2. The maximum Gasteiger partial charge on any atom is 0.330 e. The highest BCUT2D eigenvalue weighted by atomic mass is 16.5. The molecule has 3 amide bonds. The minimum absolute atomic E-state index is 0.209. The van der Waals surface area contributed by atoms with Gasteiger partial charge in [0.15, 0.2) is 0 Å². The van der Waals surface area contributed by atoms with Crippen molar-refractivity contribution in [2.75, 3.05) is 25.5 Å². The molecule has 0 unspecified atom stereocenters. The fourth-order valence-corrected chi connectivity index (χ4v) is 3.20. The molecule has 2 rings (SSSR count). The van der Waals surface area contributed by atoms with Crippen molar-refractivity contribution >= 4 is 34.4 Å². The molecule has 0 aliphatic heterocycles. The molecular formula is C24H31N3O5. The molecule has 0 bridgehead atoms. The molecule has 0 aliphatic carbocycles. The monoisotopic (exact) mass is 441 g/mol. The summed E-state index contributed by atoms with van der Waals surface area (Å²) < 4.78 is 4.38. The molecule has 3 N–H and O–H groups in total. The van der Waals surface area contributed by atoms with Crippen LogP contribution in [0.4, 0.5) is 10.5 Å². The third kappa shape index (κ3) is 8.77. The quantitative estimate of drug-likeness (QED) is 0.150. The highest BCUT2D eigenvalue weighted by molar-refractivity contribution is 6.01. The molecule has 0 radical (unpaired) electrons. The van der Waals surface area contributed by atoms with Crippen molar-refractivity contribution < 1.29 is 24.3 Å². The first kappa shape index (κ1) is 24.9. The van der Waals surface area contributed by atoms with E-state index in [-0.39, 0.29) is 12.6 Å². The third-order valence-electron chi connectivity index (χ3n) is 4.94. The van der Waals surface area contributed by atoms with Crippen LogP contribution < -0.4 is 10.6 Å². The van der Waals surface area contributed by atoms with Crippen LogP contribution in [0.3, 0.4) is 0 Å². The zero-order chi connectivity index (χ0) is 23.2. The van der Waals surface area contributed by atoms with Crippen LogP contribution >= 0.6 is 0 Å². The maximum atomic E-state index is 12.1. The Labute approximate surface area is 188 Å². The number of amides is 3. The summed E-state index contributed by atoms with van der Waals surface area (Å²) in [6, 6.07) is 13.5. The lowest BCUT2D eigenvalue weighted by Gasteiger charge is -2.12. The van der Waals surface area contributed by atoms with E-state index in [1.807, 2.05) is 42.5 Å². The maximum absolute atomic E-state index is 12.1. The summed E-state index contributed by atoms with van der Waals surface area (Å²) in [6.45, 7) is 0.808. The molecule has 2 aromatic rings. The Bertz CT molecular complexity index is 923. The molecule has 8 heteroatoms. The van der Waals surface area contributed by atoms with Gasteiger partial charge in [0.05, 0.1) is 12.8 Å². The summed E-state index contributed by atoms with van der Waals surface area (Å²) in [7, 11) is 1.21. The summed E-state index contributed by atoms with van der Waals surface area (Å²) in [4.78, 5) is 34.6. The van der Waals surface area contributed by atoms with Crippen LogP contribution in [-0.4, -0.2) is 48.4 Å². The van der Waals surface area contributed by atoms with Crippen molar-refractivity contribution in [3.05, 3.63) is 54.6 Å². The van der Waals surface area contributed by atoms with E-state index in [2.05, 4.69) is 15.4 Å². The smallest absolute Gasteiger partial charge is 0.330 e. The van der Waals surface area contributed by atoms with E-state index < -0.39 is 11.9 Å². The average Bonchev–Trinajstić information content (AvgIpc) is 2.81. The summed E-state index contributed by atoms with van der Waals surface area (Å²) >= 11 is 0. The topological polar surface area (TPSA) is 108 Å². The number of anilines is 1. The van der Waals surface area contributed by atoms with Crippen LogP contribution in [0.15, 0.2) is 54.6 Å². The van der Waals surface area contributed by atoms with Gasteiger partial charge in [-0.2, -0.15) is 0 Å². The van der Waals surface area contributed by atoms with Crippen molar-refractivity contribution in [1.29, 1.82) is 0 Å². The lowest BCUT2D eigenvalue weighted by Crippen LogP contribution is -2.29. The van der Waals surface area contributed by atoms with Gasteiger partial charge >= 0.3 is 12.0 Å². The van der Waals surface area contributed by atoms with Gasteiger partial charge in [0.1, 0.15) is 0 Å². The molecule has 0 fully saturated rings. The first-order valence-electron chi connectivity index (χ1n) is 10.8. The number of fused-ring (bicyclic) bond motifs is 1. The van der Waals surface area contributed by atoms with Crippen LogP contribution in [0.25, 0.3) is 10.8 Å². The van der Waals surface area contributed by atoms with Crippen molar-refractivity contribution in [3.63, 3.8) is 0 Å². The Balaban J connectivity index is 1.51. The normalized spacial score (nSPS) is 10.8. The number of esters is 1. The number of unbranched alkanes of at least 4 members (excludes halogenated alkanes) is 5. The lowest BCUT2D eigenvalue weighted by molar-refractivity contribution is -0.159. The highest BCUT2D eigenvalue weighted by Gasteiger charge is 2.07. The second kappa shape index (κ2) is 13.8. The number of hydrogen-bond acceptors (Lipinski definition) is 5. The fourth-order valence-electron chi connectivity index (χ4n) is 3.20. The zero-order valence-electron chi connectivity index (χ0n) is 18.4. The summed E-state index contributed by atoms with van der Waals surface area (Å²) in [6.07, 6.45) is 7.34. The van der Waals surface area contributed by atoms with Gasteiger partial charge in [-0.05, 0) is 24.3 Å².